The highest BCUT2D eigenvalue weighted by molar-refractivity contribution is 7.91. The van der Waals surface area contributed by atoms with Gasteiger partial charge in [0.25, 0.3) is 0 Å². The molecule has 3 heterocycles. The highest BCUT2D eigenvalue weighted by atomic mass is 32.2. The Labute approximate surface area is 223 Å². The molecule has 0 radical (unpaired) electrons. The number of ether oxygens (including phenoxy) is 1. The third kappa shape index (κ3) is 6.08. The van der Waals surface area contributed by atoms with Gasteiger partial charge in [0.2, 0.25) is 5.95 Å². The minimum Gasteiger partial charge on any atom is -0.444 e. The number of hydrogen-bond acceptors (Lipinski definition) is 8. The number of rotatable bonds is 4. The van der Waals surface area contributed by atoms with E-state index in [1.165, 1.54) is 23.2 Å². The fraction of sp³-hybridized carbons (Fsp3) is 0.440. The molecule has 2 N–H and O–H groups in total. The molecule has 1 aromatic carbocycles. The summed E-state index contributed by atoms with van der Waals surface area (Å²) in [5.74, 6) is -0.0830. The van der Waals surface area contributed by atoms with Gasteiger partial charge in [0.1, 0.15) is 22.1 Å². The quantitative estimate of drug-likeness (QED) is 0.463. The van der Waals surface area contributed by atoms with Gasteiger partial charge in [-0.3, -0.25) is 0 Å². The lowest BCUT2D eigenvalue weighted by molar-refractivity contribution is -0.137. The van der Waals surface area contributed by atoms with E-state index in [1.807, 2.05) is 0 Å². The summed E-state index contributed by atoms with van der Waals surface area (Å²) in [6.07, 6.45) is -1.21. The summed E-state index contributed by atoms with van der Waals surface area (Å²) in [4.78, 5) is 24.5. The van der Waals surface area contributed by atoms with Crippen LogP contribution in [0.4, 0.5) is 23.9 Å². The predicted molar refractivity (Wildman–Crippen MR) is 137 cm³/mol. The molecular formula is C25H27F3N6O4S. The van der Waals surface area contributed by atoms with Crippen molar-refractivity contribution >= 4 is 32.8 Å². The first-order valence-corrected chi connectivity index (χ1v) is 13.9. The van der Waals surface area contributed by atoms with E-state index >= 15 is 0 Å². The molecular weight excluding hydrogens is 537 g/mol. The normalized spacial score (nSPS) is 16.7. The van der Waals surface area contributed by atoms with Crippen LogP contribution in [0.25, 0.3) is 22.2 Å². The second-order valence-corrected chi connectivity index (χ2v) is 12.3. The lowest BCUT2D eigenvalue weighted by Crippen LogP contribution is -2.47. The molecule has 2 aromatic heterocycles. The van der Waals surface area contributed by atoms with Crippen LogP contribution < -0.4 is 5.32 Å². The highest BCUT2D eigenvalue weighted by Crippen LogP contribution is 2.40. The first kappa shape index (κ1) is 28.2. The van der Waals surface area contributed by atoms with Crippen LogP contribution in [0.2, 0.25) is 0 Å². The van der Waals surface area contributed by atoms with Crippen LogP contribution >= 0.6 is 0 Å². The maximum Gasteiger partial charge on any atom is 0.419 e. The number of nitrogens with zero attached hydrogens (tertiary/aromatic N) is 4. The Hall–Kier alpha value is -3.86. The zero-order valence-corrected chi connectivity index (χ0v) is 22.5. The summed E-state index contributed by atoms with van der Waals surface area (Å²) in [5.41, 5.74) is -2.38. The molecule has 4 rings (SSSR count). The summed E-state index contributed by atoms with van der Waals surface area (Å²) < 4.78 is 72.2. The van der Waals surface area contributed by atoms with Crippen molar-refractivity contribution in [2.24, 2.45) is 0 Å². The fourth-order valence-corrected chi connectivity index (χ4v) is 5.53. The number of alkyl halides is 3. The van der Waals surface area contributed by atoms with Crippen molar-refractivity contribution < 1.29 is 31.1 Å². The number of halogens is 3. The summed E-state index contributed by atoms with van der Waals surface area (Å²) in [6, 6.07) is 4.09. The molecule has 208 valence electrons. The Balaban J connectivity index is 1.73. The summed E-state index contributed by atoms with van der Waals surface area (Å²) in [6.45, 7) is 6.00. The Morgan fingerprint density at radius 3 is 2.62 bits per heavy atom. The molecule has 1 aliphatic heterocycles. The fourth-order valence-electron chi connectivity index (χ4n) is 4.48. The van der Waals surface area contributed by atoms with Crippen LogP contribution in [0.3, 0.4) is 0 Å². The number of sulfone groups is 1. The average Bonchev–Trinajstić information content (AvgIpc) is 3.25. The van der Waals surface area contributed by atoms with Gasteiger partial charge in [-0.25, -0.2) is 23.2 Å². The minimum atomic E-state index is -4.80. The smallest absolute Gasteiger partial charge is 0.419 e. The number of likely N-dealkylation sites (tertiary alicyclic amines) is 1. The van der Waals surface area contributed by atoms with E-state index in [0.717, 1.165) is 6.26 Å². The van der Waals surface area contributed by atoms with Gasteiger partial charge in [-0.1, -0.05) is 6.07 Å². The Morgan fingerprint density at radius 2 is 2.00 bits per heavy atom. The summed E-state index contributed by atoms with van der Waals surface area (Å²) in [5, 5.41) is 12.6. The highest BCUT2D eigenvalue weighted by Gasteiger charge is 2.37. The van der Waals surface area contributed by atoms with Gasteiger partial charge in [0, 0.05) is 48.7 Å². The lowest BCUT2D eigenvalue weighted by atomic mass is 10.0. The van der Waals surface area contributed by atoms with Crippen LogP contribution in [-0.2, 0) is 20.8 Å². The topological polar surface area (TPSA) is 141 Å². The predicted octanol–water partition coefficient (Wildman–Crippen LogP) is 4.73. The molecule has 14 heteroatoms. The Kier molecular flexibility index (Phi) is 7.24. The van der Waals surface area contributed by atoms with E-state index in [2.05, 4.69) is 20.3 Å². The standard InChI is InChI=1S/C25H27F3N6O4S/c1-24(2,3)38-23(35)34-9-5-6-15(13-34)32-22-31-12-18(25(26,27)28)19(33-22)17-11-30-20-16(17)8-7-14(10-29)21(20)39(4,36)37/h7-8,11-12,15,30H,5-6,9,13H2,1-4H3,(H,31,32,33)/t15-/m0/s1. The van der Waals surface area contributed by atoms with Crippen LogP contribution in [0.5, 0.6) is 0 Å². The van der Waals surface area contributed by atoms with Gasteiger partial charge >= 0.3 is 12.3 Å². The molecule has 1 fully saturated rings. The van der Waals surface area contributed by atoms with Crippen molar-refractivity contribution in [3.05, 3.63) is 35.7 Å². The van der Waals surface area contributed by atoms with E-state index in [1.54, 1.807) is 26.8 Å². The van der Waals surface area contributed by atoms with Gasteiger partial charge in [-0.2, -0.15) is 18.4 Å². The third-order valence-corrected chi connectivity index (χ3v) is 7.22. The number of hydrogen-bond donors (Lipinski definition) is 2. The van der Waals surface area contributed by atoms with Gasteiger partial charge in [-0.05, 0) is 39.7 Å². The molecule has 0 bridgehead atoms. The van der Waals surface area contributed by atoms with E-state index in [9.17, 15) is 31.6 Å². The second-order valence-electron chi connectivity index (χ2n) is 10.3. The number of piperidine rings is 1. The Morgan fingerprint density at radius 1 is 1.28 bits per heavy atom. The van der Waals surface area contributed by atoms with E-state index in [4.69, 9.17) is 4.74 Å². The van der Waals surface area contributed by atoms with Gasteiger partial charge in [-0.15, -0.1) is 0 Å². The molecule has 1 aliphatic rings. The molecule has 0 aliphatic carbocycles. The summed E-state index contributed by atoms with van der Waals surface area (Å²) in [7, 11) is -3.89. The number of aromatic amines is 1. The number of amides is 1. The molecule has 0 unspecified atom stereocenters. The molecule has 10 nitrogen and oxygen atoms in total. The number of nitrogens with one attached hydrogen (secondary N) is 2. The van der Waals surface area contributed by atoms with Crippen molar-refractivity contribution in [3.8, 4) is 17.3 Å². The summed E-state index contributed by atoms with van der Waals surface area (Å²) >= 11 is 0. The van der Waals surface area contributed by atoms with Gasteiger partial charge < -0.3 is 19.9 Å². The number of nitriles is 1. The van der Waals surface area contributed by atoms with Crippen molar-refractivity contribution in [2.45, 2.75) is 56.3 Å². The van der Waals surface area contributed by atoms with Crippen molar-refractivity contribution in [1.82, 2.24) is 19.9 Å². The van der Waals surface area contributed by atoms with Crippen LogP contribution in [0, 0.1) is 11.3 Å². The van der Waals surface area contributed by atoms with Crippen molar-refractivity contribution in [3.63, 3.8) is 0 Å². The third-order valence-electron chi connectivity index (χ3n) is 6.06. The number of carbonyl (C=O) groups is 1. The zero-order chi connectivity index (χ0) is 28.8. The number of benzene rings is 1. The first-order chi connectivity index (χ1) is 18.1. The monoisotopic (exact) mass is 564 g/mol. The van der Waals surface area contributed by atoms with Crippen LogP contribution in [0.15, 0.2) is 29.4 Å². The largest absolute Gasteiger partial charge is 0.444 e. The van der Waals surface area contributed by atoms with Gasteiger partial charge in [0.15, 0.2) is 9.84 Å². The average molecular weight is 565 g/mol. The van der Waals surface area contributed by atoms with E-state index < -0.39 is 39.0 Å². The van der Waals surface area contributed by atoms with E-state index in [0.29, 0.717) is 25.6 Å². The number of H-pyrrole nitrogens is 1. The lowest BCUT2D eigenvalue weighted by Gasteiger charge is -2.34. The van der Waals surface area contributed by atoms with Crippen LogP contribution in [-0.4, -0.2) is 65.4 Å². The molecule has 0 spiro atoms. The van der Waals surface area contributed by atoms with Gasteiger partial charge in [0.05, 0.1) is 16.8 Å². The Bertz CT molecular complexity index is 1570. The van der Waals surface area contributed by atoms with Crippen LogP contribution in [0.1, 0.15) is 44.7 Å². The molecule has 1 atom stereocenters. The first-order valence-electron chi connectivity index (χ1n) is 12.0. The molecule has 0 saturated carbocycles. The number of anilines is 1. The molecule has 3 aromatic rings. The SMILES string of the molecule is CC(C)(C)OC(=O)N1CCC[C@H](Nc2ncc(C(F)(F)F)c(-c3c[nH]c4c(S(C)(=O)=O)c(C#N)ccc34)n2)C1. The zero-order valence-electron chi connectivity index (χ0n) is 21.7. The van der Waals surface area contributed by atoms with E-state index in [-0.39, 0.29) is 45.5 Å². The molecule has 1 saturated heterocycles. The minimum absolute atomic E-state index is 0.00353. The number of aromatic nitrogens is 3. The van der Waals surface area contributed by atoms with Crippen molar-refractivity contribution in [1.29, 1.82) is 5.26 Å². The molecule has 39 heavy (non-hydrogen) atoms. The maximum atomic E-state index is 14.0. The van der Waals surface area contributed by atoms with Crippen molar-refractivity contribution in [2.75, 3.05) is 24.7 Å². The second kappa shape index (κ2) is 10.0. The molecule has 1 amide bonds. The number of carbonyl (C=O) groups excluding carboxylic acids is 1. The number of fused-ring (bicyclic) bond motifs is 1. The maximum absolute atomic E-state index is 14.0.